The van der Waals surface area contributed by atoms with E-state index in [1.165, 1.54) is 11.2 Å². The number of anilines is 1. The minimum Gasteiger partial charge on any atom is -0.391 e. The first-order chi connectivity index (χ1) is 8.24. The van der Waals surface area contributed by atoms with Gasteiger partial charge in [-0.3, -0.25) is 0 Å². The fraction of sp³-hybridized carbons (Fsp3) is 0.333. The molecule has 0 saturated carbocycles. The van der Waals surface area contributed by atoms with Crippen molar-refractivity contribution in [1.29, 1.82) is 0 Å². The second kappa shape index (κ2) is 5.25. The molecule has 1 atom stereocenters. The van der Waals surface area contributed by atoms with E-state index in [2.05, 4.69) is 33.2 Å². The number of aromatic nitrogens is 2. The third kappa shape index (κ3) is 2.45. The minimum atomic E-state index is -0.0440. The molecule has 0 aliphatic heterocycles. The van der Waals surface area contributed by atoms with E-state index in [1.54, 1.807) is 17.5 Å². The van der Waals surface area contributed by atoms with Gasteiger partial charge in [0.25, 0.3) is 0 Å². The van der Waals surface area contributed by atoms with Gasteiger partial charge in [-0.1, -0.05) is 6.07 Å². The van der Waals surface area contributed by atoms with Crippen LogP contribution in [0, 0.1) is 0 Å². The van der Waals surface area contributed by atoms with Crippen molar-refractivity contribution >= 4 is 17.2 Å². The van der Waals surface area contributed by atoms with E-state index in [4.69, 9.17) is 0 Å². The zero-order valence-electron chi connectivity index (χ0n) is 9.87. The highest BCUT2D eigenvalue weighted by molar-refractivity contribution is 7.10. The van der Waals surface area contributed by atoms with Gasteiger partial charge in [0, 0.05) is 23.7 Å². The van der Waals surface area contributed by atoms with E-state index in [9.17, 15) is 5.11 Å². The highest BCUT2D eigenvalue weighted by Crippen LogP contribution is 2.28. The van der Waals surface area contributed by atoms with Crippen molar-refractivity contribution in [2.45, 2.75) is 19.6 Å². The van der Waals surface area contributed by atoms with Crippen molar-refractivity contribution < 1.29 is 5.11 Å². The van der Waals surface area contributed by atoms with Crippen LogP contribution in [0.3, 0.4) is 0 Å². The van der Waals surface area contributed by atoms with E-state index in [1.807, 2.05) is 13.1 Å². The van der Waals surface area contributed by atoms with E-state index >= 15 is 0 Å². The van der Waals surface area contributed by atoms with Gasteiger partial charge in [0.2, 0.25) is 0 Å². The predicted octanol–water partition coefficient (Wildman–Crippen LogP) is 2.23. The number of hydrogen-bond acceptors (Lipinski definition) is 5. The van der Waals surface area contributed by atoms with Crippen LogP contribution in [0.25, 0.3) is 0 Å². The lowest BCUT2D eigenvalue weighted by Gasteiger charge is -2.26. The van der Waals surface area contributed by atoms with Crippen LogP contribution < -0.4 is 4.90 Å². The molecule has 0 aromatic carbocycles. The third-order valence-electron chi connectivity index (χ3n) is 2.80. The summed E-state index contributed by atoms with van der Waals surface area (Å²) in [6.45, 7) is 2.08. The molecule has 1 unspecified atom stereocenters. The lowest BCUT2D eigenvalue weighted by atomic mass is 10.2. The summed E-state index contributed by atoms with van der Waals surface area (Å²) in [7, 11) is 1.98. The number of hydrogen-bond donors (Lipinski definition) is 1. The Morgan fingerprint density at radius 3 is 3.00 bits per heavy atom. The number of aliphatic hydroxyl groups is 1. The van der Waals surface area contributed by atoms with Gasteiger partial charge < -0.3 is 10.0 Å². The van der Waals surface area contributed by atoms with Crippen molar-refractivity contribution in [3.05, 3.63) is 40.5 Å². The van der Waals surface area contributed by atoms with Crippen LogP contribution in [0.4, 0.5) is 5.82 Å². The standard InChI is InChI=1S/C12H15N3OS/c1-9(11-4-3-5-17-11)15(2)12-10(7-16)6-13-8-14-12/h3-6,8-9,16H,7H2,1-2H3. The molecule has 4 nitrogen and oxygen atoms in total. The van der Waals surface area contributed by atoms with Gasteiger partial charge >= 0.3 is 0 Å². The average Bonchev–Trinajstić information content (AvgIpc) is 2.90. The lowest BCUT2D eigenvalue weighted by Crippen LogP contribution is -2.23. The summed E-state index contributed by atoms with van der Waals surface area (Å²) in [5, 5.41) is 11.3. The van der Waals surface area contributed by atoms with Gasteiger partial charge in [-0.25, -0.2) is 9.97 Å². The van der Waals surface area contributed by atoms with Crippen molar-refractivity contribution in [3.8, 4) is 0 Å². The maximum absolute atomic E-state index is 9.28. The van der Waals surface area contributed by atoms with Gasteiger partial charge in [-0.2, -0.15) is 0 Å². The van der Waals surface area contributed by atoms with E-state index in [0.29, 0.717) is 0 Å². The van der Waals surface area contributed by atoms with Crippen LogP contribution in [0.1, 0.15) is 23.4 Å². The van der Waals surface area contributed by atoms with Gasteiger partial charge in [-0.05, 0) is 18.4 Å². The van der Waals surface area contributed by atoms with Crippen molar-refractivity contribution in [3.63, 3.8) is 0 Å². The summed E-state index contributed by atoms with van der Waals surface area (Å²) >= 11 is 1.72. The number of aliphatic hydroxyl groups excluding tert-OH is 1. The Balaban J connectivity index is 2.27. The molecule has 90 valence electrons. The summed E-state index contributed by atoms with van der Waals surface area (Å²) in [6.07, 6.45) is 3.16. The molecule has 0 fully saturated rings. The summed E-state index contributed by atoms with van der Waals surface area (Å²) in [6, 6.07) is 4.37. The van der Waals surface area contributed by atoms with Crippen molar-refractivity contribution in [2.24, 2.45) is 0 Å². The fourth-order valence-electron chi connectivity index (χ4n) is 1.68. The van der Waals surface area contributed by atoms with Crippen molar-refractivity contribution in [1.82, 2.24) is 9.97 Å². The first kappa shape index (κ1) is 12.0. The van der Waals surface area contributed by atoms with Crippen LogP contribution in [0.15, 0.2) is 30.0 Å². The summed E-state index contributed by atoms with van der Waals surface area (Å²) in [5.41, 5.74) is 0.749. The van der Waals surface area contributed by atoms with Gasteiger partial charge in [-0.15, -0.1) is 11.3 Å². The van der Waals surface area contributed by atoms with E-state index in [0.717, 1.165) is 11.4 Å². The van der Waals surface area contributed by atoms with Gasteiger partial charge in [0.1, 0.15) is 12.1 Å². The highest BCUT2D eigenvalue weighted by Gasteiger charge is 2.16. The number of thiophene rings is 1. The molecule has 0 spiro atoms. The topological polar surface area (TPSA) is 49.2 Å². The number of nitrogens with zero attached hydrogens (tertiary/aromatic N) is 3. The molecule has 2 aromatic heterocycles. The molecule has 2 heterocycles. The molecule has 0 amide bonds. The lowest BCUT2D eigenvalue weighted by molar-refractivity contribution is 0.281. The predicted molar refractivity (Wildman–Crippen MR) is 69.1 cm³/mol. The normalized spacial score (nSPS) is 12.4. The largest absolute Gasteiger partial charge is 0.391 e. The Morgan fingerprint density at radius 1 is 1.53 bits per heavy atom. The average molecular weight is 249 g/mol. The molecule has 2 aromatic rings. The molecule has 0 radical (unpaired) electrons. The first-order valence-electron chi connectivity index (χ1n) is 5.40. The molecule has 1 N–H and O–H groups in total. The van der Waals surface area contributed by atoms with Crippen molar-refractivity contribution in [2.75, 3.05) is 11.9 Å². The van der Waals surface area contributed by atoms with Crippen LogP contribution in [-0.2, 0) is 6.61 Å². The SMILES string of the molecule is CC(c1cccs1)N(C)c1ncncc1CO. The summed E-state index contributed by atoms with van der Waals surface area (Å²) in [5.74, 6) is 0.781. The van der Waals surface area contributed by atoms with E-state index in [-0.39, 0.29) is 12.6 Å². The molecule has 17 heavy (non-hydrogen) atoms. The van der Waals surface area contributed by atoms with Crippen LogP contribution in [0.2, 0.25) is 0 Å². The van der Waals surface area contributed by atoms with Crippen LogP contribution >= 0.6 is 11.3 Å². The Morgan fingerprint density at radius 2 is 2.35 bits per heavy atom. The molecule has 0 saturated heterocycles. The molecule has 0 bridgehead atoms. The molecule has 2 rings (SSSR count). The van der Waals surface area contributed by atoms with Crippen LogP contribution in [-0.4, -0.2) is 22.1 Å². The highest BCUT2D eigenvalue weighted by atomic mass is 32.1. The maximum Gasteiger partial charge on any atom is 0.137 e. The zero-order chi connectivity index (χ0) is 12.3. The molecule has 5 heteroatoms. The second-order valence-corrected chi connectivity index (χ2v) is 4.81. The first-order valence-corrected chi connectivity index (χ1v) is 6.28. The fourth-order valence-corrected chi connectivity index (χ4v) is 2.51. The smallest absolute Gasteiger partial charge is 0.137 e. The Hall–Kier alpha value is -1.46. The maximum atomic E-state index is 9.28. The molecule has 0 aliphatic rings. The zero-order valence-corrected chi connectivity index (χ0v) is 10.7. The minimum absolute atomic E-state index is 0.0440. The summed E-state index contributed by atoms with van der Waals surface area (Å²) in [4.78, 5) is 11.5. The third-order valence-corrected chi connectivity index (χ3v) is 3.85. The van der Waals surface area contributed by atoms with Gasteiger partial charge in [0.05, 0.1) is 12.6 Å². The van der Waals surface area contributed by atoms with Crippen LogP contribution in [0.5, 0.6) is 0 Å². The molecular formula is C12H15N3OS. The Kier molecular flexibility index (Phi) is 3.71. The monoisotopic (exact) mass is 249 g/mol. The Labute approximate surface area is 105 Å². The number of rotatable bonds is 4. The van der Waals surface area contributed by atoms with Gasteiger partial charge in [0.15, 0.2) is 0 Å². The van der Waals surface area contributed by atoms with E-state index < -0.39 is 0 Å². The Bertz CT molecular complexity index is 472. The quantitative estimate of drug-likeness (QED) is 0.902. The molecular weight excluding hydrogens is 234 g/mol. The summed E-state index contributed by atoms with van der Waals surface area (Å²) < 4.78 is 0. The second-order valence-electron chi connectivity index (χ2n) is 3.83. The molecule has 0 aliphatic carbocycles.